The average Bonchev–Trinajstić information content (AvgIpc) is 3.67. The number of likely N-dealkylation sites (tertiary alicyclic amines) is 2. The molecule has 0 bridgehead atoms. The third kappa shape index (κ3) is 4.28. The average molecular weight is 473 g/mol. The molecule has 0 N–H and O–H groups in total. The van der Waals surface area contributed by atoms with Crippen molar-refractivity contribution in [1.29, 1.82) is 0 Å². The minimum atomic E-state index is 0.177. The van der Waals surface area contributed by atoms with Crippen LogP contribution in [0.25, 0.3) is 0 Å². The summed E-state index contributed by atoms with van der Waals surface area (Å²) in [4.78, 5) is 18.3. The molecule has 4 nitrogen and oxygen atoms in total. The number of piperidine rings is 1. The molecule has 0 radical (unpaired) electrons. The molecule has 0 unspecified atom stereocenters. The Hall–Kier alpha value is -2.33. The van der Waals surface area contributed by atoms with E-state index < -0.39 is 0 Å². The lowest BCUT2D eigenvalue weighted by molar-refractivity contribution is -0.131. The molecule has 2 aliphatic heterocycles. The number of fused-ring (bicyclic) bond motifs is 1. The molecule has 3 fully saturated rings. The number of carbonyl (C=O) groups excluding carboxylic acids is 1. The number of nitrogens with zero attached hydrogens (tertiary/aromatic N) is 2. The second-order valence-corrected chi connectivity index (χ2v) is 11.7. The molecule has 1 saturated carbocycles. The number of benzene rings is 2. The molecule has 4 heteroatoms. The zero-order chi connectivity index (χ0) is 23.9. The van der Waals surface area contributed by atoms with Gasteiger partial charge in [-0.05, 0) is 98.1 Å². The van der Waals surface area contributed by atoms with Gasteiger partial charge < -0.3 is 14.5 Å². The standard InChI is InChI=1S/C31H40N2O2/c1-35-27-13-12-26-21-30-14-18-33(29(34)9-5-8-24-6-3-2-4-7-24)19-16-31(30,28(26)20-27)15-17-32(23-30)22-25-10-11-25/h2-4,6-7,12-13,20,25H,5,8-11,14-19,21-23H2,1H3/t30-,31+/m0/s1. The summed E-state index contributed by atoms with van der Waals surface area (Å²) < 4.78 is 5.67. The SMILES string of the molecule is COc1ccc2c(c1)[C@]13CCN(CC4CC4)C[C@]1(CCN(C(=O)CCCc1ccccc1)CC3)C2. The predicted octanol–water partition coefficient (Wildman–Crippen LogP) is 5.24. The van der Waals surface area contributed by atoms with Crippen LogP contribution in [0.2, 0.25) is 0 Å². The van der Waals surface area contributed by atoms with Gasteiger partial charge in [0, 0.05) is 38.0 Å². The van der Waals surface area contributed by atoms with E-state index in [4.69, 9.17) is 4.74 Å². The van der Waals surface area contributed by atoms with Crippen molar-refractivity contribution in [2.24, 2.45) is 11.3 Å². The molecule has 1 amide bonds. The predicted molar refractivity (Wildman–Crippen MR) is 140 cm³/mol. The van der Waals surface area contributed by atoms with Gasteiger partial charge in [-0.15, -0.1) is 0 Å². The Kier molecular flexibility index (Phi) is 6.12. The molecule has 4 aliphatic rings. The largest absolute Gasteiger partial charge is 0.497 e. The quantitative estimate of drug-likeness (QED) is 0.553. The van der Waals surface area contributed by atoms with Crippen molar-refractivity contribution in [2.75, 3.05) is 39.8 Å². The highest BCUT2D eigenvalue weighted by Crippen LogP contribution is 2.61. The zero-order valence-electron chi connectivity index (χ0n) is 21.3. The van der Waals surface area contributed by atoms with Gasteiger partial charge in [0.15, 0.2) is 0 Å². The molecule has 186 valence electrons. The van der Waals surface area contributed by atoms with Crippen LogP contribution in [0.1, 0.15) is 61.6 Å². The van der Waals surface area contributed by atoms with E-state index in [0.29, 0.717) is 12.3 Å². The minimum Gasteiger partial charge on any atom is -0.497 e. The molecule has 6 rings (SSSR count). The van der Waals surface area contributed by atoms with Gasteiger partial charge in [0.2, 0.25) is 5.91 Å². The Morgan fingerprint density at radius 2 is 1.83 bits per heavy atom. The highest BCUT2D eigenvalue weighted by molar-refractivity contribution is 5.76. The Bertz CT molecular complexity index is 1060. The third-order valence-corrected chi connectivity index (χ3v) is 9.69. The van der Waals surface area contributed by atoms with Crippen molar-refractivity contribution >= 4 is 5.91 Å². The highest BCUT2D eigenvalue weighted by Gasteiger charge is 2.60. The van der Waals surface area contributed by atoms with E-state index in [1.807, 2.05) is 0 Å². The summed E-state index contributed by atoms with van der Waals surface area (Å²) in [5, 5.41) is 0. The monoisotopic (exact) mass is 472 g/mol. The van der Waals surface area contributed by atoms with Crippen LogP contribution in [0.15, 0.2) is 48.5 Å². The fourth-order valence-corrected chi connectivity index (χ4v) is 7.60. The van der Waals surface area contributed by atoms with Gasteiger partial charge in [-0.1, -0.05) is 36.4 Å². The molecular weight excluding hydrogens is 432 g/mol. The van der Waals surface area contributed by atoms with Gasteiger partial charge in [0.05, 0.1) is 7.11 Å². The van der Waals surface area contributed by atoms with Gasteiger partial charge in [0.1, 0.15) is 5.75 Å². The van der Waals surface area contributed by atoms with E-state index in [0.717, 1.165) is 56.9 Å². The highest BCUT2D eigenvalue weighted by atomic mass is 16.5. The van der Waals surface area contributed by atoms with E-state index in [2.05, 4.69) is 58.3 Å². The van der Waals surface area contributed by atoms with Crippen LogP contribution < -0.4 is 4.74 Å². The van der Waals surface area contributed by atoms with Crippen molar-refractivity contribution in [2.45, 2.75) is 63.2 Å². The molecule has 2 heterocycles. The number of aryl methyl sites for hydroxylation is 1. The fraction of sp³-hybridized carbons (Fsp3) is 0.581. The van der Waals surface area contributed by atoms with E-state index in [1.165, 1.54) is 55.6 Å². The van der Waals surface area contributed by atoms with E-state index in [9.17, 15) is 4.79 Å². The van der Waals surface area contributed by atoms with Crippen LogP contribution >= 0.6 is 0 Å². The number of amides is 1. The number of hydrogen-bond donors (Lipinski definition) is 0. The van der Waals surface area contributed by atoms with E-state index in [-0.39, 0.29) is 10.8 Å². The first kappa shape index (κ1) is 23.1. The van der Waals surface area contributed by atoms with Crippen molar-refractivity contribution in [3.63, 3.8) is 0 Å². The summed E-state index contributed by atoms with van der Waals surface area (Å²) in [6.45, 7) is 5.47. The van der Waals surface area contributed by atoms with Crippen LogP contribution in [0.4, 0.5) is 0 Å². The Balaban J connectivity index is 1.21. The molecule has 2 aromatic rings. The van der Waals surface area contributed by atoms with Gasteiger partial charge in [-0.3, -0.25) is 4.79 Å². The van der Waals surface area contributed by atoms with Gasteiger partial charge in [-0.2, -0.15) is 0 Å². The lowest BCUT2D eigenvalue weighted by Gasteiger charge is -2.53. The number of hydrogen-bond acceptors (Lipinski definition) is 3. The zero-order valence-corrected chi connectivity index (χ0v) is 21.3. The van der Waals surface area contributed by atoms with Crippen LogP contribution in [-0.4, -0.2) is 55.5 Å². The van der Waals surface area contributed by atoms with Crippen molar-refractivity contribution in [1.82, 2.24) is 9.80 Å². The Morgan fingerprint density at radius 3 is 2.63 bits per heavy atom. The molecule has 2 saturated heterocycles. The maximum Gasteiger partial charge on any atom is 0.222 e. The smallest absolute Gasteiger partial charge is 0.222 e. The number of rotatable bonds is 7. The summed E-state index contributed by atoms with van der Waals surface area (Å²) >= 11 is 0. The summed E-state index contributed by atoms with van der Waals surface area (Å²) in [5.74, 6) is 2.26. The summed E-state index contributed by atoms with van der Waals surface area (Å²) in [6, 6.07) is 17.4. The number of carbonyl (C=O) groups is 1. The van der Waals surface area contributed by atoms with Crippen LogP contribution in [0.3, 0.4) is 0 Å². The third-order valence-electron chi connectivity index (χ3n) is 9.69. The maximum absolute atomic E-state index is 13.3. The second-order valence-electron chi connectivity index (χ2n) is 11.7. The molecule has 35 heavy (non-hydrogen) atoms. The number of methoxy groups -OCH3 is 1. The summed E-state index contributed by atoms with van der Waals surface area (Å²) in [7, 11) is 1.78. The van der Waals surface area contributed by atoms with Crippen LogP contribution in [0, 0.1) is 11.3 Å². The van der Waals surface area contributed by atoms with E-state index >= 15 is 0 Å². The number of ether oxygens (including phenoxy) is 1. The first-order valence-corrected chi connectivity index (χ1v) is 13.8. The lowest BCUT2D eigenvalue weighted by atomic mass is 9.57. The normalized spacial score (nSPS) is 28.1. The Labute approximate surface area is 210 Å². The van der Waals surface area contributed by atoms with Crippen LogP contribution in [-0.2, 0) is 23.1 Å². The minimum absolute atomic E-state index is 0.177. The topological polar surface area (TPSA) is 32.8 Å². The van der Waals surface area contributed by atoms with E-state index in [1.54, 1.807) is 7.11 Å². The molecule has 0 spiro atoms. The Morgan fingerprint density at radius 1 is 1.03 bits per heavy atom. The molecule has 0 aromatic heterocycles. The summed E-state index contributed by atoms with van der Waals surface area (Å²) in [6.07, 6.45) is 9.99. The van der Waals surface area contributed by atoms with Crippen molar-refractivity contribution in [3.8, 4) is 5.75 Å². The molecule has 2 aliphatic carbocycles. The first-order chi connectivity index (χ1) is 17.1. The van der Waals surface area contributed by atoms with Gasteiger partial charge in [-0.25, -0.2) is 0 Å². The van der Waals surface area contributed by atoms with Gasteiger partial charge >= 0.3 is 0 Å². The van der Waals surface area contributed by atoms with Crippen LogP contribution in [0.5, 0.6) is 5.75 Å². The van der Waals surface area contributed by atoms with Crippen molar-refractivity contribution < 1.29 is 9.53 Å². The fourth-order valence-electron chi connectivity index (χ4n) is 7.60. The lowest BCUT2D eigenvalue weighted by Crippen LogP contribution is -2.56. The second kappa shape index (κ2) is 9.28. The van der Waals surface area contributed by atoms with Gasteiger partial charge in [0.25, 0.3) is 0 Å². The van der Waals surface area contributed by atoms with Crippen molar-refractivity contribution in [3.05, 3.63) is 65.2 Å². The summed E-state index contributed by atoms with van der Waals surface area (Å²) in [5.41, 5.74) is 4.81. The first-order valence-electron chi connectivity index (χ1n) is 13.8. The molecule has 2 aromatic carbocycles. The maximum atomic E-state index is 13.3. The molecule has 2 atom stereocenters. The molecular formula is C31H40N2O2.